The molecule has 0 atom stereocenters. The average molecular weight is 553 g/mol. The van der Waals surface area contributed by atoms with Gasteiger partial charge in [-0.15, -0.1) is 0 Å². The number of methoxy groups -OCH3 is 2. The van der Waals surface area contributed by atoms with Gasteiger partial charge in [0.2, 0.25) is 15.9 Å². The monoisotopic (exact) mass is 552 g/mol. The number of anilines is 1. The Morgan fingerprint density at radius 2 is 1.82 bits per heavy atom. The first kappa shape index (κ1) is 26.1. The number of thiazole rings is 1. The molecular formula is C27H28N4O5S2. The van der Waals surface area contributed by atoms with E-state index in [1.54, 1.807) is 48.7 Å². The van der Waals surface area contributed by atoms with Crippen LogP contribution in [0.15, 0.2) is 71.9 Å². The van der Waals surface area contributed by atoms with Gasteiger partial charge in [-0.05, 0) is 60.9 Å². The summed E-state index contributed by atoms with van der Waals surface area (Å²) in [4.78, 5) is 24.8. The topological polar surface area (TPSA) is 102 Å². The second-order valence-electron chi connectivity index (χ2n) is 8.94. The lowest BCUT2D eigenvalue weighted by Crippen LogP contribution is -2.44. The van der Waals surface area contributed by atoms with Crippen molar-refractivity contribution in [3.8, 4) is 11.5 Å². The van der Waals surface area contributed by atoms with Crippen molar-refractivity contribution in [1.29, 1.82) is 0 Å². The van der Waals surface area contributed by atoms with Gasteiger partial charge in [0, 0.05) is 31.4 Å². The molecule has 1 aliphatic heterocycles. The van der Waals surface area contributed by atoms with E-state index in [0.29, 0.717) is 41.5 Å². The highest BCUT2D eigenvalue weighted by molar-refractivity contribution is 7.89. The third kappa shape index (κ3) is 5.22. The number of amides is 1. The second kappa shape index (κ2) is 11.1. The zero-order chi connectivity index (χ0) is 26.7. The van der Waals surface area contributed by atoms with Crippen LogP contribution in [0.5, 0.6) is 11.5 Å². The maximum atomic E-state index is 13.9. The molecule has 1 fully saturated rings. The highest BCUT2D eigenvalue weighted by Gasteiger charge is 2.35. The minimum atomic E-state index is -3.66. The molecule has 3 heterocycles. The summed E-state index contributed by atoms with van der Waals surface area (Å²) in [5, 5.41) is 0.576. The molecule has 0 spiro atoms. The van der Waals surface area contributed by atoms with Crippen LogP contribution in [0.2, 0.25) is 0 Å². The molecule has 0 bridgehead atoms. The summed E-state index contributed by atoms with van der Waals surface area (Å²) in [6, 6.07) is 15.8. The van der Waals surface area contributed by atoms with E-state index >= 15 is 0 Å². The van der Waals surface area contributed by atoms with Crippen LogP contribution in [0.3, 0.4) is 0 Å². The molecule has 1 saturated heterocycles. The minimum absolute atomic E-state index is 0.0756. The highest BCUT2D eigenvalue weighted by Crippen LogP contribution is 2.36. The zero-order valence-corrected chi connectivity index (χ0v) is 22.7. The standard InChI is InChI=1S/C27H28N4O5S2/c1-35-21-8-10-22(11-9-21)38(33,34)30-15-12-20(13-16-30)26(32)31(18-19-5-4-14-28-17-19)27-29-25-23(36-2)6-3-7-24(25)37-27/h3-11,14,17,20H,12-13,15-16,18H2,1-2H3. The number of carbonyl (C=O) groups is 1. The molecule has 0 aliphatic carbocycles. The summed E-state index contributed by atoms with van der Waals surface area (Å²) in [6.45, 7) is 0.845. The van der Waals surface area contributed by atoms with Crippen molar-refractivity contribution in [3.63, 3.8) is 0 Å². The SMILES string of the molecule is COc1ccc(S(=O)(=O)N2CCC(C(=O)N(Cc3cccnc3)c3nc4c(OC)cccc4s3)CC2)cc1. The molecule has 38 heavy (non-hydrogen) atoms. The van der Waals surface area contributed by atoms with Crippen LogP contribution in [0.25, 0.3) is 10.2 Å². The summed E-state index contributed by atoms with van der Waals surface area (Å²) in [7, 11) is -0.529. The van der Waals surface area contributed by atoms with E-state index in [4.69, 9.17) is 14.5 Å². The van der Waals surface area contributed by atoms with Gasteiger partial charge in [0.15, 0.2) is 5.13 Å². The van der Waals surface area contributed by atoms with Gasteiger partial charge in [0.05, 0.1) is 30.4 Å². The van der Waals surface area contributed by atoms with Gasteiger partial charge in [-0.3, -0.25) is 14.7 Å². The van der Waals surface area contributed by atoms with Crippen molar-refractivity contribution in [2.45, 2.75) is 24.3 Å². The number of sulfonamides is 1. The molecule has 0 saturated carbocycles. The maximum Gasteiger partial charge on any atom is 0.243 e. The first-order valence-electron chi connectivity index (χ1n) is 12.2. The summed E-state index contributed by atoms with van der Waals surface area (Å²) >= 11 is 1.43. The number of hydrogen-bond acceptors (Lipinski definition) is 8. The van der Waals surface area contributed by atoms with Gasteiger partial charge in [0.25, 0.3) is 0 Å². The van der Waals surface area contributed by atoms with Crippen LogP contribution < -0.4 is 14.4 Å². The van der Waals surface area contributed by atoms with E-state index in [9.17, 15) is 13.2 Å². The lowest BCUT2D eigenvalue weighted by Gasteiger charge is -2.33. The summed E-state index contributed by atoms with van der Waals surface area (Å²) in [6.07, 6.45) is 4.27. The van der Waals surface area contributed by atoms with Gasteiger partial charge >= 0.3 is 0 Å². The van der Waals surface area contributed by atoms with E-state index in [-0.39, 0.29) is 29.8 Å². The first-order valence-corrected chi connectivity index (χ1v) is 14.4. The van der Waals surface area contributed by atoms with Crippen molar-refractivity contribution >= 4 is 42.6 Å². The minimum Gasteiger partial charge on any atom is -0.497 e. The van der Waals surface area contributed by atoms with Crippen LogP contribution in [0.4, 0.5) is 5.13 Å². The third-order valence-corrected chi connectivity index (χ3v) is 9.61. The highest BCUT2D eigenvalue weighted by atomic mass is 32.2. The molecule has 2 aromatic carbocycles. The van der Waals surface area contributed by atoms with Crippen LogP contribution in [0, 0.1) is 5.92 Å². The van der Waals surface area contributed by atoms with Gasteiger partial charge in [-0.2, -0.15) is 4.31 Å². The van der Waals surface area contributed by atoms with Crippen molar-refractivity contribution in [2.75, 3.05) is 32.2 Å². The Morgan fingerprint density at radius 3 is 2.47 bits per heavy atom. The number of ether oxygens (including phenoxy) is 2. The molecule has 1 amide bonds. The zero-order valence-electron chi connectivity index (χ0n) is 21.1. The van der Waals surface area contributed by atoms with Crippen molar-refractivity contribution in [2.24, 2.45) is 5.92 Å². The van der Waals surface area contributed by atoms with Crippen LogP contribution >= 0.6 is 11.3 Å². The van der Waals surface area contributed by atoms with Gasteiger partial charge < -0.3 is 9.47 Å². The number of aromatic nitrogens is 2. The number of hydrogen-bond donors (Lipinski definition) is 0. The quantitative estimate of drug-likeness (QED) is 0.320. The molecule has 4 aromatic rings. The smallest absolute Gasteiger partial charge is 0.243 e. The fourth-order valence-corrected chi connectivity index (χ4v) is 7.02. The van der Waals surface area contributed by atoms with E-state index in [2.05, 4.69) is 4.98 Å². The Bertz CT molecular complexity index is 1520. The largest absolute Gasteiger partial charge is 0.497 e. The molecule has 11 heteroatoms. The van der Waals surface area contributed by atoms with Crippen molar-refractivity contribution < 1.29 is 22.7 Å². The Morgan fingerprint density at radius 1 is 1.05 bits per heavy atom. The third-order valence-electron chi connectivity index (χ3n) is 6.65. The van der Waals surface area contributed by atoms with Crippen LogP contribution in [0.1, 0.15) is 18.4 Å². The number of piperidine rings is 1. The number of para-hydroxylation sites is 1. The van der Waals surface area contributed by atoms with E-state index < -0.39 is 10.0 Å². The molecule has 0 radical (unpaired) electrons. The lowest BCUT2D eigenvalue weighted by atomic mass is 9.96. The van der Waals surface area contributed by atoms with Gasteiger partial charge in [-0.1, -0.05) is 23.5 Å². The Labute approximate surface area is 225 Å². The maximum absolute atomic E-state index is 13.9. The first-order chi connectivity index (χ1) is 18.4. The number of carbonyl (C=O) groups excluding carboxylic acids is 1. The predicted molar refractivity (Wildman–Crippen MR) is 146 cm³/mol. The average Bonchev–Trinajstić information content (AvgIpc) is 3.40. The van der Waals surface area contributed by atoms with Gasteiger partial charge in [0.1, 0.15) is 17.0 Å². The summed E-state index contributed by atoms with van der Waals surface area (Å²) in [5.74, 6) is 0.835. The second-order valence-corrected chi connectivity index (χ2v) is 11.9. The summed E-state index contributed by atoms with van der Waals surface area (Å²) < 4.78 is 39.3. The number of nitrogens with zero attached hydrogens (tertiary/aromatic N) is 4. The Balaban J connectivity index is 1.37. The number of rotatable bonds is 8. The van der Waals surface area contributed by atoms with E-state index in [0.717, 1.165) is 10.3 Å². The fourth-order valence-electron chi connectivity index (χ4n) is 4.57. The molecule has 2 aromatic heterocycles. The molecule has 5 rings (SSSR count). The Kier molecular flexibility index (Phi) is 7.59. The molecular weight excluding hydrogens is 524 g/mol. The van der Waals surface area contributed by atoms with Crippen molar-refractivity contribution in [3.05, 3.63) is 72.6 Å². The number of benzene rings is 2. The molecule has 1 aliphatic rings. The molecule has 0 N–H and O–H groups in total. The number of fused-ring (bicyclic) bond motifs is 1. The summed E-state index contributed by atoms with van der Waals surface area (Å²) in [5.41, 5.74) is 1.59. The predicted octanol–water partition coefficient (Wildman–Crippen LogP) is 4.34. The Hall–Kier alpha value is -3.54. The molecule has 9 nitrogen and oxygen atoms in total. The van der Waals surface area contributed by atoms with E-state index in [1.807, 2.05) is 30.3 Å². The lowest BCUT2D eigenvalue weighted by molar-refractivity contribution is -0.123. The van der Waals surface area contributed by atoms with Crippen LogP contribution in [-0.4, -0.2) is 55.9 Å². The fraction of sp³-hybridized carbons (Fsp3) is 0.296. The van der Waals surface area contributed by atoms with E-state index in [1.165, 1.54) is 22.8 Å². The number of pyridine rings is 1. The van der Waals surface area contributed by atoms with Crippen molar-refractivity contribution in [1.82, 2.24) is 14.3 Å². The van der Waals surface area contributed by atoms with Crippen LogP contribution in [-0.2, 0) is 21.4 Å². The molecule has 0 unspecified atom stereocenters. The molecule has 198 valence electrons. The normalized spacial score (nSPS) is 14.9. The van der Waals surface area contributed by atoms with Gasteiger partial charge in [-0.25, -0.2) is 13.4 Å².